The van der Waals surface area contributed by atoms with Crippen molar-refractivity contribution in [2.24, 2.45) is 5.92 Å². The maximum atomic E-state index is 14.1. The Hall–Kier alpha value is -5.20. The van der Waals surface area contributed by atoms with E-state index in [1.165, 1.54) is 29.4 Å². The van der Waals surface area contributed by atoms with Crippen molar-refractivity contribution < 1.29 is 34.9 Å². The van der Waals surface area contributed by atoms with E-state index in [1.54, 1.807) is 37.3 Å². The van der Waals surface area contributed by atoms with Crippen molar-refractivity contribution in [1.82, 2.24) is 38.9 Å². The van der Waals surface area contributed by atoms with E-state index in [2.05, 4.69) is 26.6 Å². The van der Waals surface area contributed by atoms with Crippen LogP contribution in [0.5, 0.6) is 0 Å². The lowest BCUT2D eigenvalue weighted by Crippen LogP contribution is -3.00. The predicted octanol–water partition coefficient (Wildman–Crippen LogP) is 2.46. The van der Waals surface area contributed by atoms with Gasteiger partial charge in [-0.3, -0.25) is 9.05 Å². The molecule has 3 aromatic heterocycles. The number of nitriles is 1. The van der Waals surface area contributed by atoms with Crippen LogP contribution in [0.15, 0.2) is 76.5 Å². The van der Waals surface area contributed by atoms with Gasteiger partial charge in [0.25, 0.3) is 0 Å². The second-order valence-electron chi connectivity index (χ2n) is 12.5. The molecule has 0 atom stereocenters. The van der Waals surface area contributed by atoms with Crippen molar-refractivity contribution in [3.8, 4) is 28.8 Å². The normalized spacial score (nSPS) is 16.5. The van der Waals surface area contributed by atoms with E-state index in [0.29, 0.717) is 46.1 Å². The zero-order valence-corrected chi connectivity index (χ0v) is 27.6. The quantitative estimate of drug-likeness (QED) is 0.259. The third-order valence-electron chi connectivity index (χ3n) is 8.83. The third kappa shape index (κ3) is 7.01. The first-order valence-electron chi connectivity index (χ1n) is 15.3. The fourth-order valence-electron chi connectivity index (χ4n) is 6.47. The average molecular weight is 696 g/mol. The molecule has 0 spiro atoms. The fraction of sp³-hybridized carbons (Fsp3) is 0.333. The van der Waals surface area contributed by atoms with Gasteiger partial charge < -0.3 is 22.2 Å². The SMILES string of the molecule is Cc1c(-c2ccnn2-c2ccc(C#N)cc2)n(C(=O)N[C@H]2CC[C@H](C[N+](C)(C)c3ncon3)CC2)c(=O)n1-c1cccc(C(F)(F)F)c1.[Cl-]. The summed E-state index contributed by atoms with van der Waals surface area (Å²) in [5.74, 6) is 0.925. The van der Waals surface area contributed by atoms with E-state index in [9.17, 15) is 28.0 Å². The minimum atomic E-state index is -4.64. The number of halogens is 4. The van der Waals surface area contributed by atoms with Crippen molar-refractivity contribution in [3.63, 3.8) is 0 Å². The number of carbonyl (C=O) groups excluding carboxylic acids is 1. The van der Waals surface area contributed by atoms with Crippen LogP contribution < -0.4 is 27.9 Å². The van der Waals surface area contributed by atoms with E-state index >= 15 is 0 Å². The molecule has 256 valence electrons. The lowest BCUT2D eigenvalue weighted by molar-refractivity contribution is -0.137. The summed E-state index contributed by atoms with van der Waals surface area (Å²) in [6, 6.07) is 13.8. The number of imidazole rings is 1. The van der Waals surface area contributed by atoms with Gasteiger partial charge in [0.2, 0.25) is 6.39 Å². The minimum absolute atomic E-state index is 0. The Morgan fingerprint density at radius 2 is 1.80 bits per heavy atom. The average Bonchev–Trinajstić information content (AvgIpc) is 3.82. The number of nitrogens with one attached hydrogen (secondary N) is 1. The Balaban J connectivity index is 0.00000468. The number of hydrogen-bond acceptors (Lipinski definition) is 7. The first-order valence-corrected chi connectivity index (χ1v) is 15.3. The van der Waals surface area contributed by atoms with Crippen LogP contribution in [0.1, 0.15) is 42.5 Å². The van der Waals surface area contributed by atoms with Gasteiger partial charge in [-0.1, -0.05) is 6.07 Å². The summed E-state index contributed by atoms with van der Waals surface area (Å²) in [6.45, 7) is 2.36. The van der Waals surface area contributed by atoms with Gasteiger partial charge in [0.05, 0.1) is 66.8 Å². The van der Waals surface area contributed by atoms with Crippen LogP contribution in [0.3, 0.4) is 0 Å². The Bertz CT molecular complexity index is 2030. The van der Waals surface area contributed by atoms with E-state index in [1.807, 2.05) is 14.1 Å². The summed E-state index contributed by atoms with van der Waals surface area (Å²) in [6.07, 6.45) is 1.15. The van der Waals surface area contributed by atoms with Crippen LogP contribution in [-0.2, 0) is 6.18 Å². The van der Waals surface area contributed by atoms with Crippen LogP contribution in [0.4, 0.5) is 23.9 Å². The molecule has 6 rings (SSSR count). The second-order valence-corrected chi connectivity index (χ2v) is 12.5. The molecule has 5 aromatic rings. The minimum Gasteiger partial charge on any atom is -1.00 e. The fourth-order valence-corrected chi connectivity index (χ4v) is 6.47. The highest BCUT2D eigenvalue weighted by atomic mass is 35.5. The molecule has 0 saturated heterocycles. The molecule has 1 aliphatic carbocycles. The highest BCUT2D eigenvalue weighted by Gasteiger charge is 2.34. The molecular formula is C33H33ClF3N9O3. The largest absolute Gasteiger partial charge is 1.00 e. The third-order valence-corrected chi connectivity index (χ3v) is 8.83. The summed E-state index contributed by atoms with van der Waals surface area (Å²) >= 11 is 0. The molecular weight excluding hydrogens is 663 g/mol. The maximum Gasteiger partial charge on any atom is 0.416 e. The molecule has 3 heterocycles. The molecule has 16 heteroatoms. The standard InChI is InChI=1S/C33H32F3N9O3.ClH/c1-21-29(28-15-16-39-44(28)26-13-9-22(18-37)10-14-26)43(32(47)42(21)27-6-4-5-24(17-27)33(34,35)36)31(46)40-25-11-7-23(8-12-25)19-45(2,3)30-38-20-48-41-30;/h4-6,9-10,13-17,20,23,25H,7-8,11-12,19H2,1-3H3;1H/t23-,25-;. The molecule has 2 aromatic carbocycles. The molecule has 1 fully saturated rings. The van der Waals surface area contributed by atoms with Crippen LogP contribution in [0.2, 0.25) is 0 Å². The van der Waals surface area contributed by atoms with E-state index in [0.717, 1.165) is 40.7 Å². The first-order chi connectivity index (χ1) is 22.9. The monoisotopic (exact) mass is 695 g/mol. The van der Waals surface area contributed by atoms with Gasteiger partial charge in [0, 0.05) is 17.1 Å². The molecule has 49 heavy (non-hydrogen) atoms. The summed E-state index contributed by atoms with van der Waals surface area (Å²) in [5, 5.41) is 20.6. The van der Waals surface area contributed by atoms with Gasteiger partial charge in [-0.05, 0) is 81.1 Å². The van der Waals surface area contributed by atoms with Gasteiger partial charge in [-0.25, -0.2) is 18.8 Å². The Labute approximate surface area is 285 Å². The van der Waals surface area contributed by atoms with Crippen LogP contribution >= 0.6 is 0 Å². The van der Waals surface area contributed by atoms with Crippen LogP contribution in [0.25, 0.3) is 22.8 Å². The second kappa shape index (κ2) is 13.7. The smallest absolute Gasteiger partial charge is 0.416 e. The van der Waals surface area contributed by atoms with E-state index in [4.69, 9.17) is 4.52 Å². The highest BCUT2D eigenvalue weighted by Crippen LogP contribution is 2.33. The van der Waals surface area contributed by atoms with Gasteiger partial charge in [0.15, 0.2) is 0 Å². The molecule has 1 amide bonds. The first kappa shape index (κ1) is 35.1. The van der Waals surface area contributed by atoms with Crippen molar-refractivity contribution in [3.05, 3.63) is 94.5 Å². The summed E-state index contributed by atoms with van der Waals surface area (Å²) < 4.78 is 50.0. The number of amides is 1. The van der Waals surface area contributed by atoms with Gasteiger partial charge in [0.1, 0.15) is 5.69 Å². The number of benzene rings is 2. The Morgan fingerprint density at radius 3 is 2.43 bits per heavy atom. The zero-order chi connectivity index (χ0) is 34.2. The summed E-state index contributed by atoms with van der Waals surface area (Å²) in [4.78, 5) is 32.3. The number of hydrogen-bond donors (Lipinski definition) is 1. The molecule has 0 bridgehead atoms. The van der Waals surface area contributed by atoms with Crippen molar-refractivity contribution >= 4 is 12.0 Å². The lowest BCUT2D eigenvalue weighted by atomic mass is 9.85. The molecule has 1 N–H and O–H groups in total. The van der Waals surface area contributed by atoms with Crippen molar-refractivity contribution in [2.45, 2.75) is 44.8 Å². The molecule has 0 unspecified atom stereocenters. The molecule has 1 aliphatic rings. The van der Waals surface area contributed by atoms with E-state index in [-0.39, 0.29) is 35.5 Å². The molecule has 0 aliphatic heterocycles. The number of nitrogens with zero attached hydrogens (tertiary/aromatic N) is 8. The summed E-state index contributed by atoms with van der Waals surface area (Å²) in [7, 11) is 4.01. The molecule has 1 saturated carbocycles. The molecule has 0 radical (unpaired) electrons. The summed E-state index contributed by atoms with van der Waals surface area (Å²) in [5.41, 5.74) is -0.0134. The Kier molecular flexibility index (Phi) is 9.84. The van der Waals surface area contributed by atoms with Gasteiger partial charge >= 0.3 is 23.8 Å². The topological polar surface area (TPSA) is 137 Å². The zero-order valence-electron chi connectivity index (χ0n) is 26.9. The highest BCUT2D eigenvalue weighted by molar-refractivity contribution is 5.83. The number of rotatable bonds is 7. The lowest BCUT2D eigenvalue weighted by Gasteiger charge is -2.34. The predicted molar refractivity (Wildman–Crippen MR) is 170 cm³/mol. The number of carbonyl (C=O) groups is 1. The number of aromatic nitrogens is 6. The van der Waals surface area contributed by atoms with Crippen LogP contribution in [-0.4, -0.2) is 61.8 Å². The van der Waals surface area contributed by atoms with E-state index < -0.39 is 23.5 Å². The van der Waals surface area contributed by atoms with Gasteiger partial charge in [-0.15, -0.1) is 4.98 Å². The van der Waals surface area contributed by atoms with Crippen LogP contribution in [0, 0.1) is 24.2 Å². The molecule has 12 nitrogen and oxygen atoms in total. The maximum absolute atomic E-state index is 14.1. The van der Waals surface area contributed by atoms with Crippen molar-refractivity contribution in [2.75, 3.05) is 20.6 Å². The Morgan fingerprint density at radius 1 is 1.08 bits per heavy atom. The van der Waals surface area contributed by atoms with Gasteiger partial charge in [-0.2, -0.15) is 23.5 Å². The number of alkyl halides is 3. The van der Waals surface area contributed by atoms with Crippen molar-refractivity contribution in [1.29, 1.82) is 5.26 Å². The number of quaternary nitrogens is 1.